The van der Waals surface area contributed by atoms with Gasteiger partial charge in [0.15, 0.2) is 5.82 Å². The van der Waals surface area contributed by atoms with E-state index < -0.39 is 16.1 Å². The molecule has 0 amide bonds. The van der Waals surface area contributed by atoms with Crippen molar-refractivity contribution >= 4 is 16.0 Å². The third kappa shape index (κ3) is 5.24. The first-order valence-corrected chi connectivity index (χ1v) is 12.2. The van der Waals surface area contributed by atoms with Gasteiger partial charge in [-0.3, -0.25) is 4.57 Å². The van der Waals surface area contributed by atoms with Gasteiger partial charge in [0.1, 0.15) is 0 Å². The van der Waals surface area contributed by atoms with Crippen molar-refractivity contribution in [3.63, 3.8) is 0 Å². The minimum Gasteiger partial charge on any atom is -0.376 e. The Morgan fingerprint density at radius 3 is 2.57 bits per heavy atom. The topological polar surface area (TPSA) is 89.4 Å². The second-order valence-electron chi connectivity index (χ2n) is 9.37. The van der Waals surface area contributed by atoms with Crippen molar-refractivity contribution in [3.8, 4) is 0 Å². The maximum atomic E-state index is 11.7. The Morgan fingerprint density at radius 1 is 1.25 bits per heavy atom. The number of hydrogen-bond donors (Lipinski definition) is 1. The van der Waals surface area contributed by atoms with Gasteiger partial charge in [-0.15, -0.1) is 10.2 Å². The monoisotopic (exact) mass is 413 g/mol. The minimum atomic E-state index is -3.34. The number of nitrogens with one attached hydrogen (secondary N) is 1. The van der Waals surface area contributed by atoms with Gasteiger partial charge in [-0.2, -0.15) is 0 Å². The summed E-state index contributed by atoms with van der Waals surface area (Å²) in [4.78, 5) is 2.29. The molecule has 0 aromatic carbocycles. The highest BCUT2D eigenvalue weighted by atomic mass is 32.2. The summed E-state index contributed by atoms with van der Waals surface area (Å²) in [5.74, 6) is 2.07. The van der Waals surface area contributed by atoms with Crippen molar-refractivity contribution in [1.29, 1.82) is 0 Å². The van der Waals surface area contributed by atoms with Crippen LogP contribution in [0.4, 0.5) is 5.95 Å². The first kappa shape index (κ1) is 21.5. The van der Waals surface area contributed by atoms with Crippen LogP contribution in [0.25, 0.3) is 0 Å². The number of rotatable bonds is 6. The molecule has 3 rings (SSSR count). The Kier molecular flexibility index (Phi) is 6.36. The summed E-state index contributed by atoms with van der Waals surface area (Å²) in [5.41, 5.74) is 0.250. The average molecular weight is 414 g/mol. The molecule has 3 atom stereocenters. The van der Waals surface area contributed by atoms with Gasteiger partial charge in [0.05, 0.1) is 24.9 Å². The third-order valence-electron chi connectivity index (χ3n) is 5.89. The molecule has 160 valence electrons. The van der Waals surface area contributed by atoms with Gasteiger partial charge >= 0.3 is 0 Å². The summed E-state index contributed by atoms with van der Waals surface area (Å²) in [7, 11) is -3.34. The molecular formula is C19H35N5O3S. The number of ether oxygens (including phenoxy) is 1. The Labute approximate surface area is 169 Å². The third-order valence-corrected chi connectivity index (χ3v) is 6.68. The Bertz CT molecular complexity index is 765. The van der Waals surface area contributed by atoms with E-state index in [1.54, 1.807) is 0 Å². The standard InChI is InChI=1S/C19H35N5O3S/c1-14(22-28(5,25)26)17-20-21-18(23-10-9-15(12-23)19(2,3)4)24(17)13-16-8-6-7-11-27-16/h14-16,22H,6-13H2,1-5H3/t14-,15-,16+/m0/s1. The first-order valence-electron chi connectivity index (χ1n) is 10.3. The molecule has 1 aromatic rings. The van der Waals surface area contributed by atoms with Gasteiger partial charge in [-0.05, 0) is 43.9 Å². The van der Waals surface area contributed by atoms with E-state index in [0.29, 0.717) is 18.3 Å². The summed E-state index contributed by atoms with van der Waals surface area (Å²) in [6.07, 6.45) is 5.68. The number of sulfonamides is 1. The van der Waals surface area contributed by atoms with Crippen molar-refractivity contribution in [3.05, 3.63) is 5.82 Å². The van der Waals surface area contributed by atoms with E-state index in [-0.39, 0.29) is 11.5 Å². The van der Waals surface area contributed by atoms with E-state index >= 15 is 0 Å². The number of anilines is 1. The zero-order chi connectivity index (χ0) is 20.5. The highest BCUT2D eigenvalue weighted by Crippen LogP contribution is 2.35. The molecule has 0 bridgehead atoms. The SMILES string of the molecule is C[C@H](NS(C)(=O)=O)c1nnc(N2CC[C@H](C(C)(C)C)C2)n1C[C@H]1CCCCO1. The van der Waals surface area contributed by atoms with Crippen LogP contribution in [0.1, 0.15) is 65.2 Å². The van der Waals surface area contributed by atoms with Crippen molar-refractivity contribution in [1.82, 2.24) is 19.5 Å². The zero-order valence-electron chi connectivity index (χ0n) is 17.8. The second kappa shape index (κ2) is 8.28. The molecule has 28 heavy (non-hydrogen) atoms. The predicted octanol–water partition coefficient (Wildman–Crippen LogP) is 2.33. The Balaban J connectivity index is 1.86. The van der Waals surface area contributed by atoms with E-state index in [1.807, 2.05) is 6.92 Å². The molecule has 0 spiro atoms. The van der Waals surface area contributed by atoms with Crippen molar-refractivity contribution in [2.75, 3.05) is 30.9 Å². The average Bonchev–Trinajstić information content (AvgIpc) is 3.20. The second-order valence-corrected chi connectivity index (χ2v) is 11.1. The summed E-state index contributed by atoms with van der Waals surface area (Å²) in [6, 6.07) is -0.444. The number of nitrogens with zero attached hydrogens (tertiary/aromatic N) is 4. The fourth-order valence-corrected chi connectivity index (χ4v) is 4.96. The van der Waals surface area contributed by atoms with Crippen LogP contribution in [0.5, 0.6) is 0 Å². The summed E-state index contributed by atoms with van der Waals surface area (Å²) < 4.78 is 34.1. The lowest BCUT2D eigenvalue weighted by Gasteiger charge is -2.28. The van der Waals surface area contributed by atoms with Crippen LogP contribution in [-0.4, -0.2) is 55.2 Å². The lowest BCUT2D eigenvalue weighted by atomic mass is 9.80. The highest BCUT2D eigenvalue weighted by molar-refractivity contribution is 7.88. The van der Waals surface area contributed by atoms with Crippen LogP contribution < -0.4 is 9.62 Å². The van der Waals surface area contributed by atoms with Gasteiger partial charge in [0, 0.05) is 19.7 Å². The fraction of sp³-hybridized carbons (Fsp3) is 0.895. The van der Waals surface area contributed by atoms with Gasteiger partial charge < -0.3 is 9.64 Å². The van der Waals surface area contributed by atoms with E-state index in [0.717, 1.165) is 51.3 Å². The normalized spacial score (nSPS) is 25.2. The molecule has 0 radical (unpaired) electrons. The lowest BCUT2D eigenvalue weighted by molar-refractivity contribution is 0.00556. The van der Waals surface area contributed by atoms with E-state index in [2.05, 4.69) is 45.2 Å². The van der Waals surface area contributed by atoms with E-state index in [1.165, 1.54) is 6.26 Å². The predicted molar refractivity (Wildman–Crippen MR) is 110 cm³/mol. The molecule has 1 N–H and O–H groups in total. The Hall–Kier alpha value is -1.19. The van der Waals surface area contributed by atoms with E-state index in [9.17, 15) is 8.42 Å². The molecule has 2 aliphatic heterocycles. The van der Waals surface area contributed by atoms with Crippen molar-refractivity contribution < 1.29 is 13.2 Å². The zero-order valence-corrected chi connectivity index (χ0v) is 18.6. The molecule has 2 fully saturated rings. The molecule has 0 unspecified atom stereocenters. The minimum absolute atomic E-state index is 0.119. The van der Waals surface area contributed by atoms with Crippen LogP contribution in [0.3, 0.4) is 0 Å². The summed E-state index contributed by atoms with van der Waals surface area (Å²) in [5, 5.41) is 8.87. The molecule has 0 saturated carbocycles. The van der Waals surface area contributed by atoms with Crippen molar-refractivity contribution in [2.24, 2.45) is 11.3 Å². The van der Waals surface area contributed by atoms with Crippen LogP contribution in [0, 0.1) is 11.3 Å². The van der Waals surface area contributed by atoms with Crippen molar-refractivity contribution in [2.45, 2.75) is 72.1 Å². The molecule has 2 saturated heterocycles. The quantitative estimate of drug-likeness (QED) is 0.770. The van der Waals surface area contributed by atoms with Crippen LogP contribution in [0.15, 0.2) is 0 Å². The van der Waals surface area contributed by atoms with Gasteiger partial charge in [-0.25, -0.2) is 13.1 Å². The van der Waals surface area contributed by atoms with Crippen LogP contribution in [-0.2, 0) is 21.3 Å². The smallest absolute Gasteiger partial charge is 0.227 e. The number of aromatic nitrogens is 3. The molecule has 3 heterocycles. The molecule has 8 nitrogen and oxygen atoms in total. The van der Waals surface area contributed by atoms with Crippen LogP contribution >= 0.6 is 0 Å². The largest absolute Gasteiger partial charge is 0.376 e. The highest BCUT2D eigenvalue weighted by Gasteiger charge is 2.35. The molecule has 1 aromatic heterocycles. The molecule has 9 heteroatoms. The van der Waals surface area contributed by atoms with Crippen LogP contribution in [0.2, 0.25) is 0 Å². The maximum absolute atomic E-state index is 11.7. The Morgan fingerprint density at radius 2 is 2.00 bits per heavy atom. The number of hydrogen-bond acceptors (Lipinski definition) is 6. The first-order chi connectivity index (χ1) is 13.0. The van der Waals surface area contributed by atoms with Gasteiger partial charge in [0.25, 0.3) is 0 Å². The maximum Gasteiger partial charge on any atom is 0.227 e. The van der Waals surface area contributed by atoms with E-state index in [4.69, 9.17) is 4.74 Å². The summed E-state index contributed by atoms with van der Waals surface area (Å²) >= 11 is 0. The summed E-state index contributed by atoms with van der Waals surface area (Å²) in [6.45, 7) is 12.0. The molecule has 2 aliphatic rings. The molecule has 0 aliphatic carbocycles. The fourth-order valence-electron chi connectivity index (χ4n) is 4.21. The van der Waals surface area contributed by atoms with Gasteiger partial charge in [-0.1, -0.05) is 20.8 Å². The lowest BCUT2D eigenvalue weighted by Crippen LogP contribution is -2.33. The molecular weight excluding hydrogens is 378 g/mol. The van der Waals surface area contributed by atoms with Gasteiger partial charge in [0.2, 0.25) is 16.0 Å².